The van der Waals surface area contributed by atoms with Crippen molar-refractivity contribution in [2.75, 3.05) is 20.1 Å². The first-order valence-corrected chi connectivity index (χ1v) is 5.60. The van der Waals surface area contributed by atoms with Gasteiger partial charge < -0.3 is 15.3 Å². The van der Waals surface area contributed by atoms with Crippen molar-refractivity contribution in [3.63, 3.8) is 0 Å². The van der Waals surface area contributed by atoms with Gasteiger partial charge in [-0.05, 0) is 18.8 Å². The summed E-state index contributed by atoms with van der Waals surface area (Å²) in [5.74, 6) is -0.399. The predicted octanol–water partition coefficient (Wildman–Crippen LogP) is 1.15. The quantitative estimate of drug-likeness (QED) is 0.741. The number of carboxylic acids is 1. The highest BCUT2D eigenvalue weighted by Gasteiger charge is 2.50. The summed E-state index contributed by atoms with van der Waals surface area (Å²) in [5, 5.41) is 11.6. The molecule has 5 heteroatoms. The lowest BCUT2D eigenvalue weighted by atomic mass is 10.1. The topological polar surface area (TPSA) is 69.6 Å². The van der Waals surface area contributed by atoms with Gasteiger partial charge in [0.05, 0.1) is 5.41 Å². The molecule has 0 spiro atoms. The Hall–Kier alpha value is -1.26. The van der Waals surface area contributed by atoms with Crippen molar-refractivity contribution >= 4 is 12.0 Å². The molecule has 0 bridgehead atoms. The molecular weight excluding hydrogens is 208 g/mol. The second-order valence-electron chi connectivity index (χ2n) is 5.02. The third-order valence-corrected chi connectivity index (χ3v) is 2.87. The Morgan fingerprint density at radius 3 is 2.38 bits per heavy atom. The molecule has 1 saturated carbocycles. The van der Waals surface area contributed by atoms with E-state index in [1.54, 1.807) is 11.9 Å². The van der Waals surface area contributed by atoms with E-state index in [9.17, 15) is 9.59 Å². The van der Waals surface area contributed by atoms with Crippen LogP contribution in [0, 0.1) is 11.3 Å². The minimum absolute atomic E-state index is 0.193. The van der Waals surface area contributed by atoms with Crippen LogP contribution in [0.1, 0.15) is 26.7 Å². The van der Waals surface area contributed by atoms with Crippen LogP contribution in [0.25, 0.3) is 0 Å². The lowest BCUT2D eigenvalue weighted by molar-refractivity contribution is -0.143. The molecule has 0 saturated heterocycles. The van der Waals surface area contributed by atoms with Crippen LogP contribution in [0.3, 0.4) is 0 Å². The Bertz CT molecular complexity index is 285. The molecule has 0 unspecified atom stereocenters. The SMILES string of the molecule is CC(C)CN(C)C(=O)NCC1(C(=O)O)CC1. The first kappa shape index (κ1) is 12.8. The fourth-order valence-electron chi connectivity index (χ4n) is 1.63. The Balaban J connectivity index is 2.33. The van der Waals surface area contributed by atoms with Gasteiger partial charge in [-0.3, -0.25) is 4.79 Å². The van der Waals surface area contributed by atoms with Gasteiger partial charge in [0.25, 0.3) is 0 Å². The molecule has 1 aliphatic carbocycles. The third-order valence-electron chi connectivity index (χ3n) is 2.87. The second-order valence-corrected chi connectivity index (χ2v) is 5.02. The minimum Gasteiger partial charge on any atom is -0.481 e. The molecule has 0 aromatic heterocycles. The first-order valence-electron chi connectivity index (χ1n) is 5.60. The molecule has 0 atom stereocenters. The van der Waals surface area contributed by atoms with E-state index in [0.717, 1.165) is 0 Å². The molecule has 2 N–H and O–H groups in total. The molecule has 1 fully saturated rings. The fourth-order valence-corrected chi connectivity index (χ4v) is 1.63. The van der Waals surface area contributed by atoms with Gasteiger partial charge >= 0.3 is 12.0 Å². The Kier molecular flexibility index (Phi) is 3.78. The number of hydrogen-bond donors (Lipinski definition) is 2. The number of hydrogen-bond acceptors (Lipinski definition) is 2. The normalized spacial score (nSPS) is 17.0. The molecule has 1 rings (SSSR count). The molecule has 5 nitrogen and oxygen atoms in total. The first-order chi connectivity index (χ1) is 7.37. The highest BCUT2D eigenvalue weighted by atomic mass is 16.4. The second kappa shape index (κ2) is 4.72. The lowest BCUT2D eigenvalue weighted by Crippen LogP contribution is -2.42. The van der Waals surface area contributed by atoms with E-state index in [-0.39, 0.29) is 12.6 Å². The van der Waals surface area contributed by atoms with Crippen LogP contribution in [-0.4, -0.2) is 42.1 Å². The van der Waals surface area contributed by atoms with Crippen molar-refractivity contribution in [1.82, 2.24) is 10.2 Å². The number of nitrogens with one attached hydrogen (secondary N) is 1. The Labute approximate surface area is 95.8 Å². The number of urea groups is 1. The summed E-state index contributed by atoms with van der Waals surface area (Å²) in [6, 6.07) is -0.193. The molecule has 16 heavy (non-hydrogen) atoms. The van der Waals surface area contributed by atoms with E-state index in [0.29, 0.717) is 25.3 Å². The summed E-state index contributed by atoms with van der Waals surface area (Å²) in [5.41, 5.74) is -0.686. The molecule has 2 amide bonds. The number of rotatable bonds is 5. The zero-order chi connectivity index (χ0) is 12.3. The van der Waals surface area contributed by atoms with Gasteiger partial charge in [-0.25, -0.2) is 4.79 Å². The summed E-state index contributed by atoms with van der Waals surface area (Å²) >= 11 is 0. The van der Waals surface area contributed by atoms with Crippen LogP contribution in [-0.2, 0) is 4.79 Å². The molecule has 0 aromatic rings. The van der Waals surface area contributed by atoms with Crippen molar-refractivity contribution in [3.8, 4) is 0 Å². The third kappa shape index (κ3) is 3.12. The average Bonchev–Trinajstić information content (AvgIpc) is 2.93. The average molecular weight is 228 g/mol. The molecule has 0 aliphatic heterocycles. The molecular formula is C11H20N2O3. The van der Waals surface area contributed by atoms with E-state index in [1.807, 2.05) is 13.8 Å². The van der Waals surface area contributed by atoms with Crippen LogP contribution in [0.5, 0.6) is 0 Å². The molecule has 0 heterocycles. The van der Waals surface area contributed by atoms with E-state index < -0.39 is 11.4 Å². The van der Waals surface area contributed by atoms with Gasteiger partial charge in [0.2, 0.25) is 0 Å². The highest BCUT2D eigenvalue weighted by Crippen LogP contribution is 2.45. The van der Waals surface area contributed by atoms with Crippen LogP contribution in [0.15, 0.2) is 0 Å². The standard InChI is InChI=1S/C11H20N2O3/c1-8(2)6-13(3)10(16)12-7-11(4-5-11)9(14)15/h8H,4-7H2,1-3H3,(H,12,16)(H,14,15). The smallest absolute Gasteiger partial charge is 0.317 e. The molecule has 0 aromatic carbocycles. The lowest BCUT2D eigenvalue weighted by Gasteiger charge is -2.21. The van der Waals surface area contributed by atoms with Crippen molar-refractivity contribution in [3.05, 3.63) is 0 Å². The predicted molar refractivity (Wildman–Crippen MR) is 60.2 cm³/mol. The Morgan fingerprint density at radius 1 is 1.44 bits per heavy atom. The van der Waals surface area contributed by atoms with Crippen LogP contribution < -0.4 is 5.32 Å². The van der Waals surface area contributed by atoms with Crippen molar-refractivity contribution in [1.29, 1.82) is 0 Å². The Morgan fingerprint density at radius 2 is 2.00 bits per heavy atom. The van der Waals surface area contributed by atoms with Gasteiger partial charge in [-0.2, -0.15) is 0 Å². The maximum absolute atomic E-state index is 11.6. The van der Waals surface area contributed by atoms with Crippen molar-refractivity contribution < 1.29 is 14.7 Å². The summed E-state index contributed by atoms with van der Waals surface area (Å²) in [6.07, 6.45) is 1.33. The number of carbonyl (C=O) groups excluding carboxylic acids is 1. The molecule has 1 aliphatic rings. The van der Waals surface area contributed by atoms with Gasteiger partial charge in [-0.1, -0.05) is 13.8 Å². The molecule has 0 radical (unpaired) electrons. The van der Waals surface area contributed by atoms with Crippen LogP contribution in [0.2, 0.25) is 0 Å². The molecule has 92 valence electrons. The zero-order valence-electron chi connectivity index (χ0n) is 10.1. The number of amides is 2. The van der Waals surface area contributed by atoms with E-state index >= 15 is 0 Å². The van der Waals surface area contributed by atoms with Gasteiger partial charge in [-0.15, -0.1) is 0 Å². The van der Waals surface area contributed by atoms with E-state index in [2.05, 4.69) is 5.32 Å². The number of carboxylic acid groups (broad SMARTS) is 1. The van der Waals surface area contributed by atoms with E-state index in [1.165, 1.54) is 0 Å². The van der Waals surface area contributed by atoms with Crippen LogP contribution >= 0.6 is 0 Å². The van der Waals surface area contributed by atoms with E-state index in [4.69, 9.17) is 5.11 Å². The van der Waals surface area contributed by atoms with Crippen molar-refractivity contribution in [2.24, 2.45) is 11.3 Å². The number of carbonyl (C=O) groups is 2. The van der Waals surface area contributed by atoms with Crippen molar-refractivity contribution in [2.45, 2.75) is 26.7 Å². The summed E-state index contributed by atoms with van der Waals surface area (Å²) in [7, 11) is 1.72. The van der Waals surface area contributed by atoms with Crippen LogP contribution in [0.4, 0.5) is 4.79 Å². The maximum Gasteiger partial charge on any atom is 0.317 e. The monoisotopic (exact) mass is 228 g/mol. The number of aliphatic carboxylic acids is 1. The van der Waals surface area contributed by atoms with Gasteiger partial charge in [0, 0.05) is 20.1 Å². The number of nitrogens with zero attached hydrogens (tertiary/aromatic N) is 1. The van der Waals surface area contributed by atoms with Gasteiger partial charge in [0.1, 0.15) is 0 Å². The fraction of sp³-hybridized carbons (Fsp3) is 0.818. The largest absolute Gasteiger partial charge is 0.481 e. The highest BCUT2D eigenvalue weighted by molar-refractivity contribution is 5.80. The van der Waals surface area contributed by atoms with Gasteiger partial charge in [0.15, 0.2) is 0 Å². The maximum atomic E-state index is 11.6. The summed E-state index contributed by atoms with van der Waals surface area (Å²) in [4.78, 5) is 24.1. The zero-order valence-corrected chi connectivity index (χ0v) is 10.1. The summed E-state index contributed by atoms with van der Waals surface area (Å²) < 4.78 is 0. The summed E-state index contributed by atoms with van der Waals surface area (Å²) in [6.45, 7) is 4.97. The minimum atomic E-state index is -0.806.